The largest absolute Gasteiger partial charge is 0.487 e. The summed E-state index contributed by atoms with van der Waals surface area (Å²) in [6.07, 6.45) is 3.64. The van der Waals surface area contributed by atoms with E-state index in [1.54, 1.807) is 6.20 Å². The smallest absolute Gasteiger partial charge is 0.169 e. The average molecular weight is 285 g/mol. The van der Waals surface area contributed by atoms with Gasteiger partial charge in [0.1, 0.15) is 0 Å². The van der Waals surface area contributed by atoms with Gasteiger partial charge in [-0.1, -0.05) is 0 Å². The molecule has 0 radical (unpaired) electrons. The molecule has 1 fully saturated rings. The third kappa shape index (κ3) is 3.74. The molecule has 0 atom stereocenters. The zero-order valence-electron chi connectivity index (χ0n) is 11.5. The van der Waals surface area contributed by atoms with Crippen molar-refractivity contribution in [2.75, 3.05) is 24.4 Å². The SMILES string of the molecule is CC(C)Oc1cccnc1NC1(CCl)CCOCC1. The predicted molar refractivity (Wildman–Crippen MR) is 77.1 cm³/mol. The van der Waals surface area contributed by atoms with Crippen molar-refractivity contribution in [2.24, 2.45) is 0 Å². The first kappa shape index (κ1) is 14.4. The van der Waals surface area contributed by atoms with Crippen LogP contribution < -0.4 is 10.1 Å². The van der Waals surface area contributed by atoms with Gasteiger partial charge < -0.3 is 14.8 Å². The van der Waals surface area contributed by atoms with Gasteiger partial charge in [0.25, 0.3) is 0 Å². The van der Waals surface area contributed by atoms with Gasteiger partial charge in [0.05, 0.1) is 11.6 Å². The third-order valence-corrected chi connectivity index (χ3v) is 3.73. The number of nitrogens with zero attached hydrogens (tertiary/aromatic N) is 1. The minimum atomic E-state index is -0.150. The van der Waals surface area contributed by atoms with Crippen LogP contribution in [0.2, 0.25) is 0 Å². The van der Waals surface area contributed by atoms with Gasteiger partial charge in [-0.2, -0.15) is 0 Å². The van der Waals surface area contributed by atoms with Crippen molar-refractivity contribution in [1.29, 1.82) is 0 Å². The van der Waals surface area contributed by atoms with E-state index in [-0.39, 0.29) is 11.6 Å². The number of nitrogens with one attached hydrogen (secondary N) is 1. The molecule has 1 aromatic rings. The first-order valence-corrected chi connectivity index (χ1v) is 7.22. The molecule has 1 N–H and O–H groups in total. The number of hydrogen-bond acceptors (Lipinski definition) is 4. The van der Waals surface area contributed by atoms with E-state index in [4.69, 9.17) is 21.1 Å². The summed E-state index contributed by atoms with van der Waals surface area (Å²) in [4.78, 5) is 4.38. The predicted octanol–water partition coefficient (Wildman–Crippen LogP) is 3.07. The molecule has 0 bridgehead atoms. The minimum absolute atomic E-state index is 0.117. The first-order valence-electron chi connectivity index (χ1n) is 6.69. The number of aromatic nitrogens is 1. The highest BCUT2D eigenvalue weighted by molar-refractivity contribution is 6.18. The summed E-state index contributed by atoms with van der Waals surface area (Å²) >= 11 is 6.16. The molecule has 0 aromatic carbocycles. The second kappa shape index (κ2) is 6.44. The Morgan fingerprint density at radius 2 is 2.21 bits per heavy atom. The van der Waals surface area contributed by atoms with Crippen LogP contribution in [0.3, 0.4) is 0 Å². The Morgan fingerprint density at radius 1 is 1.47 bits per heavy atom. The van der Waals surface area contributed by atoms with E-state index in [0.29, 0.717) is 5.88 Å². The van der Waals surface area contributed by atoms with Crippen molar-refractivity contribution in [2.45, 2.75) is 38.3 Å². The molecule has 0 amide bonds. The molecule has 106 valence electrons. The summed E-state index contributed by atoms with van der Waals surface area (Å²) in [7, 11) is 0. The summed E-state index contributed by atoms with van der Waals surface area (Å²) in [6.45, 7) is 5.46. The zero-order valence-corrected chi connectivity index (χ0v) is 12.2. The van der Waals surface area contributed by atoms with Gasteiger partial charge in [-0.05, 0) is 38.8 Å². The Morgan fingerprint density at radius 3 is 2.84 bits per heavy atom. The highest BCUT2D eigenvalue weighted by atomic mass is 35.5. The van der Waals surface area contributed by atoms with Crippen molar-refractivity contribution >= 4 is 17.4 Å². The maximum Gasteiger partial charge on any atom is 0.169 e. The third-order valence-electron chi connectivity index (χ3n) is 3.22. The molecule has 2 rings (SSSR count). The van der Waals surface area contributed by atoms with Crippen LogP contribution in [0.1, 0.15) is 26.7 Å². The fraction of sp³-hybridized carbons (Fsp3) is 0.643. The number of halogens is 1. The number of pyridine rings is 1. The van der Waals surface area contributed by atoms with Crippen LogP contribution in [0.15, 0.2) is 18.3 Å². The van der Waals surface area contributed by atoms with E-state index in [1.807, 2.05) is 26.0 Å². The summed E-state index contributed by atoms with van der Waals surface area (Å²) in [5.41, 5.74) is -0.150. The fourth-order valence-corrected chi connectivity index (χ4v) is 2.47. The van der Waals surface area contributed by atoms with Crippen molar-refractivity contribution in [3.63, 3.8) is 0 Å². The summed E-state index contributed by atoms with van der Waals surface area (Å²) in [5, 5.41) is 3.47. The van der Waals surface area contributed by atoms with Gasteiger partial charge >= 0.3 is 0 Å². The van der Waals surface area contributed by atoms with Gasteiger partial charge in [-0.25, -0.2) is 4.98 Å². The normalized spacial score (nSPS) is 18.3. The molecular weight excluding hydrogens is 264 g/mol. The van der Waals surface area contributed by atoms with Crippen LogP contribution in [-0.4, -0.2) is 35.7 Å². The molecule has 1 aliphatic rings. The van der Waals surface area contributed by atoms with E-state index in [1.165, 1.54) is 0 Å². The van der Waals surface area contributed by atoms with Gasteiger partial charge in [-0.3, -0.25) is 0 Å². The lowest BCUT2D eigenvalue weighted by Crippen LogP contribution is -2.45. The van der Waals surface area contributed by atoms with Crippen molar-refractivity contribution in [3.05, 3.63) is 18.3 Å². The molecule has 4 nitrogen and oxygen atoms in total. The second-order valence-electron chi connectivity index (χ2n) is 5.17. The summed E-state index contributed by atoms with van der Waals surface area (Å²) in [6, 6.07) is 3.80. The Balaban J connectivity index is 2.16. The lowest BCUT2D eigenvalue weighted by molar-refractivity contribution is 0.0665. The van der Waals surface area contributed by atoms with Gasteiger partial charge in [0.2, 0.25) is 0 Å². The molecule has 1 aromatic heterocycles. The molecule has 19 heavy (non-hydrogen) atoms. The first-order chi connectivity index (χ1) is 9.15. The Labute approximate surface area is 119 Å². The van der Waals surface area contributed by atoms with Crippen LogP contribution in [-0.2, 0) is 4.74 Å². The molecule has 2 heterocycles. The highest BCUT2D eigenvalue weighted by Crippen LogP contribution is 2.31. The van der Waals surface area contributed by atoms with Crippen molar-refractivity contribution in [3.8, 4) is 5.75 Å². The quantitative estimate of drug-likeness (QED) is 0.844. The van der Waals surface area contributed by atoms with Crippen LogP contribution in [0.5, 0.6) is 5.75 Å². The van der Waals surface area contributed by atoms with E-state index in [9.17, 15) is 0 Å². The highest BCUT2D eigenvalue weighted by Gasteiger charge is 2.32. The van der Waals surface area contributed by atoms with E-state index in [2.05, 4.69) is 10.3 Å². The average Bonchev–Trinajstić information content (AvgIpc) is 2.41. The Kier molecular flexibility index (Phi) is 4.88. The number of hydrogen-bond donors (Lipinski definition) is 1. The number of alkyl halides is 1. The monoisotopic (exact) mass is 284 g/mol. The van der Waals surface area contributed by atoms with Crippen LogP contribution in [0.4, 0.5) is 5.82 Å². The molecule has 0 aliphatic carbocycles. The molecule has 0 saturated carbocycles. The second-order valence-corrected chi connectivity index (χ2v) is 5.44. The summed E-state index contributed by atoms with van der Waals surface area (Å²) in [5.74, 6) is 2.07. The molecule has 0 spiro atoms. The maximum atomic E-state index is 6.16. The van der Waals surface area contributed by atoms with Gasteiger partial charge in [0, 0.05) is 25.3 Å². The van der Waals surface area contributed by atoms with E-state index >= 15 is 0 Å². The Bertz CT molecular complexity index is 406. The Hall–Kier alpha value is -1.00. The maximum absolute atomic E-state index is 6.16. The van der Waals surface area contributed by atoms with Gasteiger partial charge in [0.15, 0.2) is 11.6 Å². The standard InChI is InChI=1S/C14H21ClN2O2/c1-11(2)19-12-4-3-7-16-13(12)17-14(10-15)5-8-18-9-6-14/h3-4,7,11H,5-6,8-10H2,1-2H3,(H,16,17). The lowest BCUT2D eigenvalue weighted by atomic mass is 9.92. The van der Waals surface area contributed by atoms with E-state index in [0.717, 1.165) is 37.6 Å². The van der Waals surface area contributed by atoms with Crippen LogP contribution >= 0.6 is 11.6 Å². The molecule has 5 heteroatoms. The molecule has 0 unspecified atom stereocenters. The fourth-order valence-electron chi connectivity index (χ4n) is 2.14. The number of rotatable bonds is 5. The number of anilines is 1. The molecular formula is C14H21ClN2O2. The minimum Gasteiger partial charge on any atom is -0.487 e. The van der Waals surface area contributed by atoms with Crippen molar-refractivity contribution < 1.29 is 9.47 Å². The zero-order chi connectivity index (χ0) is 13.7. The number of ether oxygens (including phenoxy) is 2. The summed E-state index contributed by atoms with van der Waals surface area (Å²) < 4.78 is 11.2. The van der Waals surface area contributed by atoms with Gasteiger partial charge in [-0.15, -0.1) is 11.6 Å². The molecule has 1 saturated heterocycles. The van der Waals surface area contributed by atoms with Crippen molar-refractivity contribution in [1.82, 2.24) is 4.98 Å². The lowest BCUT2D eigenvalue weighted by Gasteiger charge is -2.37. The topological polar surface area (TPSA) is 43.4 Å². The van der Waals surface area contributed by atoms with Crippen LogP contribution in [0, 0.1) is 0 Å². The molecule has 1 aliphatic heterocycles. The van der Waals surface area contributed by atoms with E-state index < -0.39 is 0 Å². The van der Waals surface area contributed by atoms with Crippen LogP contribution in [0.25, 0.3) is 0 Å².